The van der Waals surface area contributed by atoms with Crippen molar-refractivity contribution in [3.05, 3.63) is 30.1 Å². The fourth-order valence-corrected chi connectivity index (χ4v) is 2.19. The quantitative estimate of drug-likeness (QED) is 0.671. The molecule has 6 heteroatoms. The molecule has 1 rings (SSSR count). The molecule has 0 saturated carbocycles. The van der Waals surface area contributed by atoms with Gasteiger partial charge in [0.1, 0.15) is 17.5 Å². The predicted octanol–water partition coefficient (Wildman–Crippen LogP) is 2.76. The summed E-state index contributed by atoms with van der Waals surface area (Å²) in [7, 11) is 0. The number of thioether (sulfide) groups is 1. The number of hydrogen-bond acceptors (Lipinski definition) is 4. The summed E-state index contributed by atoms with van der Waals surface area (Å²) in [5.74, 6) is -1.17. The van der Waals surface area contributed by atoms with Gasteiger partial charge in [-0.25, -0.2) is 9.18 Å². The molecule has 0 aliphatic rings. The van der Waals surface area contributed by atoms with E-state index in [1.165, 1.54) is 6.07 Å². The van der Waals surface area contributed by atoms with Crippen LogP contribution in [0.3, 0.4) is 0 Å². The van der Waals surface area contributed by atoms with E-state index in [1.54, 1.807) is 45.9 Å². The van der Waals surface area contributed by atoms with Crippen LogP contribution in [0.2, 0.25) is 0 Å². The van der Waals surface area contributed by atoms with E-state index in [4.69, 9.17) is 4.74 Å². The Morgan fingerprint density at radius 1 is 1.33 bits per heavy atom. The highest BCUT2D eigenvalue weighted by molar-refractivity contribution is 8.00. The van der Waals surface area contributed by atoms with Crippen LogP contribution in [0.15, 0.2) is 29.2 Å². The van der Waals surface area contributed by atoms with Gasteiger partial charge >= 0.3 is 5.97 Å². The summed E-state index contributed by atoms with van der Waals surface area (Å²) in [6.45, 7) is 6.83. The fraction of sp³-hybridized carbons (Fsp3) is 0.467. The van der Waals surface area contributed by atoms with E-state index in [2.05, 4.69) is 5.32 Å². The van der Waals surface area contributed by atoms with Crippen molar-refractivity contribution in [2.75, 3.05) is 5.75 Å². The smallest absolute Gasteiger partial charge is 0.328 e. The van der Waals surface area contributed by atoms with Crippen LogP contribution in [-0.2, 0) is 14.3 Å². The van der Waals surface area contributed by atoms with Crippen LogP contribution in [0, 0.1) is 5.82 Å². The maximum atomic E-state index is 13.4. The van der Waals surface area contributed by atoms with E-state index >= 15 is 0 Å². The summed E-state index contributed by atoms with van der Waals surface area (Å²) >= 11 is 1.08. The van der Waals surface area contributed by atoms with Crippen molar-refractivity contribution in [1.82, 2.24) is 5.32 Å². The zero-order chi connectivity index (χ0) is 16.0. The van der Waals surface area contributed by atoms with Gasteiger partial charge in [-0.2, -0.15) is 0 Å². The van der Waals surface area contributed by atoms with Gasteiger partial charge in [0.15, 0.2) is 0 Å². The molecule has 1 atom stereocenters. The first-order valence-electron chi connectivity index (χ1n) is 6.58. The molecule has 116 valence electrons. The average Bonchev–Trinajstić information content (AvgIpc) is 2.35. The topological polar surface area (TPSA) is 55.4 Å². The number of carbonyl (C=O) groups is 2. The molecule has 0 bridgehead atoms. The number of carbonyl (C=O) groups excluding carboxylic acids is 2. The number of esters is 1. The molecule has 1 aromatic carbocycles. The van der Waals surface area contributed by atoms with Gasteiger partial charge in [-0.1, -0.05) is 12.1 Å². The molecule has 0 aliphatic carbocycles. The molecule has 0 fully saturated rings. The molecule has 0 aromatic heterocycles. The summed E-state index contributed by atoms with van der Waals surface area (Å²) in [6.07, 6.45) is 0. The van der Waals surface area contributed by atoms with Crippen molar-refractivity contribution in [2.45, 2.75) is 44.2 Å². The normalized spacial score (nSPS) is 12.6. The van der Waals surface area contributed by atoms with Gasteiger partial charge < -0.3 is 10.1 Å². The lowest BCUT2D eigenvalue weighted by atomic mass is 10.2. The molecule has 0 heterocycles. The van der Waals surface area contributed by atoms with Crippen molar-refractivity contribution < 1.29 is 18.7 Å². The fourth-order valence-electron chi connectivity index (χ4n) is 1.44. The second kappa shape index (κ2) is 7.45. The lowest BCUT2D eigenvalue weighted by molar-refractivity contribution is -0.157. The standard InChI is InChI=1S/C15H20FNO3S/c1-10(14(19)20-15(2,3)4)17-13(18)9-21-12-8-6-5-7-11(12)16/h5-8,10H,9H2,1-4H3,(H,17,18)/t10-/m1/s1. The van der Waals surface area contributed by atoms with E-state index in [9.17, 15) is 14.0 Å². The minimum absolute atomic E-state index is 0.0358. The zero-order valence-corrected chi connectivity index (χ0v) is 13.4. The first kappa shape index (κ1) is 17.5. The van der Waals surface area contributed by atoms with Crippen LogP contribution in [-0.4, -0.2) is 29.3 Å². The third kappa shape index (κ3) is 6.62. The molecule has 0 saturated heterocycles. The number of benzene rings is 1. The van der Waals surface area contributed by atoms with Gasteiger partial charge in [0, 0.05) is 4.90 Å². The Morgan fingerprint density at radius 2 is 1.95 bits per heavy atom. The monoisotopic (exact) mass is 313 g/mol. The lowest BCUT2D eigenvalue weighted by Crippen LogP contribution is -2.42. The van der Waals surface area contributed by atoms with Crippen LogP contribution in [0.4, 0.5) is 4.39 Å². The SMILES string of the molecule is C[C@@H](NC(=O)CSc1ccccc1F)C(=O)OC(C)(C)C. The van der Waals surface area contributed by atoms with E-state index in [1.807, 2.05) is 0 Å². The number of nitrogens with one attached hydrogen (secondary N) is 1. The second-order valence-corrected chi connectivity index (χ2v) is 6.56. The van der Waals surface area contributed by atoms with Gasteiger partial charge in [0.25, 0.3) is 0 Å². The van der Waals surface area contributed by atoms with E-state index in [0.717, 1.165) is 11.8 Å². The highest BCUT2D eigenvalue weighted by Crippen LogP contribution is 2.20. The Hall–Kier alpha value is -1.56. The number of hydrogen-bond donors (Lipinski definition) is 1. The molecule has 4 nitrogen and oxygen atoms in total. The molecule has 1 N–H and O–H groups in total. The molecule has 1 aromatic rings. The summed E-state index contributed by atoms with van der Waals surface area (Å²) in [6, 6.07) is 5.49. The number of halogens is 1. The number of rotatable bonds is 5. The van der Waals surface area contributed by atoms with Crippen LogP contribution >= 0.6 is 11.8 Å². The molecule has 0 radical (unpaired) electrons. The molecule has 0 spiro atoms. The molecule has 0 aliphatic heterocycles. The van der Waals surface area contributed by atoms with Crippen molar-refractivity contribution in [3.8, 4) is 0 Å². The Balaban J connectivity index is 2.43. The zero-order valence-electron chi connectivity index (χ0n) is 12.6. The van der Waals surface area contributed by atoms with E-state index < -0.39 is 17.6 Å². The van der Waals surface area contributed by atoms with Crippen LogP contribution < -0.4 is 5.32 Å². The molecule has 21 heavy (non-hydrogen) atoms. The summed E-state index contributed by atoms with van der Waals surface area (Å²) in [4.78, 5) is 23.9. The highest BCUT2D eigenvalue weighted by Gasteiger charge is 2.22. The van der Waals surface area contributed by atoms with Gasteiger partial charge in [-0.05, 0) is 39.8 Å². The van der Waals surface area contributed by atoms with Gasteiger partial charge in [0.2, 0.25) is 5.91 Å². The predicted molar refractivity (Wildman–Crippen MR) is 80.6 cm³/mol. The summed E-state index contributed by atoms with van der Waals surface area (Å²) in [5.41, 5.74) is -0.599. The van der Waals surface area contributed by atoms with Crippen molar-refractivity contribution in [3.63, 3.8) is 0 Å². The van der Waals surface area contributed by atoms with Crippen molar-refractivity contribution in [2.24, 2.45) is 0 Å². The van der Waals surface area contributed by atoms with Gasteiger partial charge in [0.05, 0.1) is 5.75 Å². The Morgan fingerprint density at radius 3 is 2.52 bits per heavy atom. The Bertz CT molecular complexity index is 514. The maximum Gasteiger partial charge on any atom is 0.328 e. The number of amides is 1. The van der Waals surface area contributed by atoms with Crippen LogP contribution in [0.25, 0.3) is 0 Å². The summed E-state index contributed by atoms with van der Waals surface area (Å²) < 4.78 is 18.6. The average molecular weight is 313 g/mol. The molecular formula is C15H20FNO3S. The Kier molecular flexibility index (Phi) is 6.20. The largest absolute Gasteiger partial charge is 0.458 e. The molecule has 1 amide bonds. The minimum atomic E-state index is -0.738. The van der Waals surface area contributed by atoms with E-state index in [0.29, 0.717) is 4.90 Å². The van der Waals surface area contributed by atoms with Gasteiger partial charge in [-0.3, -0.25) is 4.79 Å². The third-order valence-corrected chi connectivity index (χ3v) is 3.38. The number of ether oxygens (including phenoxy) is 1. The molecular weight excluding hydrogens is 293 g/mol. The van der Waals surface area contributed by atoms with Crippen LogP contribution in [0.5, 0.6) is 0 Å². The highest BCUT2D eigenvalue weighted by atomic mass is 32.2. The van der Waals surface area contributed by atoms with Crippen LogP contribution in [0.1, 0.15) is 27.7 Å². The minimum Gasteiger partial charge on any atom is -0.458 e. The van der Waals surface area contributed by atoms with Crippen molar-refractivity contribution in [1.29, 1.82) is 0 Å². The second-order valence-electron chi connectivity index (χ2n) is 5.54. The van der Waals surface area contributed by atoms with Gasteiger partial charge in [-0.15, -0.1) is 11.8 Å². The van der Waals surface area contributed by atoms with Crippen molar-refractivity contribution >= 4 is 23.6 Å². The first-order chi connectivity index (χ1) is 9.69. The maximum absolute atomic E-state index is 13.4. The lowest BCUT2D eigenvalue weighted by Gasteiger charge is -2.22. The molecule has 0 unspecified atom stereocenters. The Labute approximate surface area is 128 Å². The first-order valence-corrected chi connectivity index (χ1v) is 7.57. The summed E-state index contributed by atoms with van der Waals surface area (Å²) in [5, 5.41) is 2.54. The third-order valence-electron chi connectivity index (χ3n) is 2.33. The van der Waals surface area contributed by atoms with E-state index in [-0.39, 0.29) is 17.5 Å².